The first-order valence-corrected chi connectivity index (χ1v) is 62.4. The van der Waals surface area contributed by atoms with Gasteiger partial charge in [0.2, 0.25) is 0 Å². The quantitative estimate of drug-likeness (QED) is 0.0280. The predicted octanol–water partition coefficient (Wildman–Crippen LogP) is 28.4. The fourth-order valence-corrected chi connectivity index (χ4v) is 27.9. The van der Waals surface area contributed by atoms with Crippen molar-refractivity contribution >= 4 is 108 Å². The Hall–Kier alpha value is -2.62. The molecule has 4 heterocycles. The zero-order valence-corrected chi connectivity index (χ0v) is 71.5. The van der Waals surface area contributed by atoms with E-state index in [-0.39, 0.29) is 0 Å². The van der Waals surface area contributed by atoms with Crippen LogP contribution in [0, 0.1) is 0 Å². The average Bonchev–Trinajstić information content (AvgIpc) is 1.44. The van der Waals surface area contributed by atoms with E-state index in [1.54, 1.807) is 5.79 Å². The molecule has 12 heteroatoms. The van der Waals surface area contributed by atoms with Gasteiger partial charge in [-0.3, -0.25) is 0 Å². The van der Waals surface area contributed by atoms with Crippen LogP contribution in [0.3, 0.4) is 0 Å². The third-order valence-electron chi connectivity index (χ3n) is 18.8. The Morgan fingerprint density at radius 3 is 0.740 bits per heavy atom. The molecule has 3 aromatic carbocycles. The number of fused-ring (bicyclic) bond motifs is 2. The van der Waals surface area contributed by atoms with Gasteiger partial charge in [0.05, 0.1) is 13.2 Å². The summed E-state index contributed by atoms with van der Waals surface area (Å²) in [6.07, 6.45) is 43.9. The van der Waals surface area contributed by atoms with Crippen molar-refractivity contribution < 1.29 is 28.4 Å². The Kier molecular flexibility index (Phi) is 37.6. The Morgan fingerprint density at radius 2 is 0.490 bits per heavy atom. The molecular weight excluding hydrogens is 1470 g/mol. The van der Waals surface area contributed by atoms with E-state index >= 15 is 0 Å². The molecule has 0 saturated carbocycles. The van der Waals surface area contributed by atoms with Crippen molar-refractivity contribution in [3.8, 4) is 76.3 Å². The van der Waals surface area contributed by atoms with Crippen molar-refractivity contribution in [1.82, 2.24) is 0 Å². The van der Waals surface area contributed by atoms with Gasteiger partial charge in [-0.1, -0.05) is 234 Å². The van der Waals surface area contributed by atoms with E-state index in [4.69, 9.17) is 28.4 Å². The minimum absolute atomic E-state index is 0.666. The number of unbranched alkanes of at least 4 members (excludes halogenated alkanes) is 30. The van der Waals surface area contributed by atoms with Crippen molar-refractivity contribution in [3.05, 3.63) is 60.7 Å². The molecule has 0 saturated heterocycles. The molecule has 0 amide bonds. The minimum atomic E-state index is -2.65. The van der Waals surface area contributed by atoms with Gasteiger partial charge in [-0.25, -0.2) is 0 Å². The number of hydrogen-bond acceptors (Lipinski definition) is 10. The van der Waals surface area contributed by atoms with Crippen LogP contribution < -0.4 is 34.2 Å². The molecule has 4 aromatic heterocycles. The smallest absolute Gasteiger partial charge is 0.0654 e. The summed E-state index contributed by atoms with van der Waals surface area (Å²) in [5.74, 6) is 4.88. The normalized spacial score (nSPS) is 12.0. The van der Waals surface area contributed by atoms with Crippen LogP contribution in [0.2, 0.25) is 29.6 Å². The first-order valence-electron chi connectivity index (χ1n) is 39.1. The predicted molar refractivity (Wildman–Crippen MR) is 434 cm³/mol. The first kappa shape index (κ1) is 80.7. The Labute approximate surface area is 609 Å². The number of thiophene rings is 4. The molecule has 0 radical (unpaired) electrons. The molecule has 0 aliphatic heterocycles. The molecule has 7 aromatic rings. The zero-order valence-electron chi connectivity index (χ0n) is 62.6. The summed E-state index contributed by atoms with van der Waals surface area (Å²) < 4.78 is 47.4. The Balaban J connectivity index is 1.32. The van der Waals surface area contributed by atoms with Crippen LogP contribution in [0.1, 0.15) is 273 Å². The van der Waals surface area contributed by atoms with Gasteiger partial charge in [-0.2, -0.15) is 0 Å². The number of hydrogen-bond donors (Lipinski definition) is 0. The summed E-state index contributed by atoms with van der Waals surface area (Å²) >= 11 is 2.78. The summed E-state index contributed by atoms with van der Waals surface area (Å²) in [5, 5.41) is 2.83. The monoisotopic (exact) mass is 1600 g/mol. The third-order valence-corrected chi connectivity index (χ3v) is 42.2. The maximum absolute atomic E-state index is 6.90. The van der Waals surface area contributed by atoms with Crippen LogP contribution in [0.25, 0.3) is 61.9 Å². The molecule has 534 valence electrons. The molecule has 0 aliphatic rings. The molecule has 6 nitrogen and oxygen atoms in total. The van der Waals surface area contributed by atoms with Gasteiger partial charge in [0, 0.05) is 0 Å². The van der Waals surface area contributed by atoms with Gasteiger partial charge in [-0.05, 0) is 38.5 Å². The fourth-order valence-electron chi connectivity index (χ4n) is 12.8. The Morgan fingerprint density at radius 1 is 0.260 bits per heavy atom. The summed E-state index contributed by atoms with van der Waals surface area (Å²) in [5.41, 5.74) is 5.11. The summed E-state index contributed by atoms with van der Waals surface area (Å²) in [6, 6.07) is 24.1. The molecule has 0 atom stereocenters. The average molecular weight is 1600 g/mol. The van der Waals surface area contributed by atoms with Crippen LogP contribution in [0.15, 0.2) is 60.7 Å². The first-order chi connectivity index (χ1) is 46.7. The molecule has 0 unspecified atom stereocenters. The summed E-state index contributed by atoms with van der Waals surface area (Å²) in [7, 11) is 0. The molecular formula is C84H130O6S4Sn2. The third kappa shape index (κ3) is 26.0. The summed E-state index contributed by atoms with van der Waals surface area (Å²) in [6.45, 7) is 17.8. The van der Waals surface area contributed by atoms with E-state index < -0.39 is 36.8 Å². The fraction of sp³-hybridized carbons (Fsp3) is 0.643. The maximum atomic E-state index is 6.90. The van der Waals surface area contributed by atoms with E-state index in [0.29, 0.717) is 39.6 Å². The van der Waals surface area contributed by atoms with Gasteiger partial charge in [0.15, 0.2) is 0 Å². The van der Waals surface area contributed by atoms with Gasteiger partial charge < -0.3 is 0 Å². The standard InChI is InChI=1S/C78H112O6S4.6CH3.2Sn/c1-7-13-19-25-31-37-49-79-65-57-61(58-66(80-50-38-32-26-20-14-8-2)75(65)83-53-41-35-29-23-17-11-5)69-43-45-71(87-69)73-63-47-55-86-78(63)74(64-48-56-85-77(64)73)72-46-44-70(88-72)62-59-67(81-51-39-33-27-21-15-9-3)76(84-54-42-36-30-24-18-12-6)68(60-62)82-52-40-34-28-22-16-10-4;;;;;;;;/h43-48,57-60H,7-42,49-54H2,1-6H3;6*1H3;;. The van der Waals surface area contributed by atoms with Crippen molar-refractivity contribution in [2.24, 2.45) is 0 Å². The van der Waals surface area contributed by atoms with Gasteiger partial charge >= 0.3 is 329 Å². The Bertz CT molecular complexity index is 2930. The summed E-state index contributed by atoms with van der Waals surface area (Å²) in [4.78, 5) is 20.7. The van der Waals surface area contributed by atoms with Gasteiger partial charge in [-0.15, -0.1) is 0 Å². The second-order valence-corrected chi connectivity index (χ2v) is 64.7. The number of benzene rings is 3. The molecule has 0 spiro atoms. The zero-order chi connectivity index (χ0) is 68.4. The van der Waals surface area contributed by atoms with E-state index in [1.165, 1.54) is 243 Å². The van der Waals surface area contributed by atoms with E-state index in [9.17, 15) is 0 Å². The molecule has 7 rings (SSSR count). The van der Waals surface area contributed by atoms with Crippen LogP contribution in [-0.4, -0.2) is 76.4 Å². The molecule has 0 N–H and O–H groups in total. The number of ether oxygens (including phenoxy) is 6. The van der Waals surface area contributed by atoms with E-state index in [2.05, 4.69) is 155 Å². The van der Waals surface area contributed by atoms with Crippen molar-refractivity contribution in [3.63, 3.8) is 0 Å². The molecule has 0 fully saturated rings. The minimum Gasteiger partial charge on any atom is -0.0654 e. The number of rotatable bonds is 54. The van der Waals surface area contributed by atoms with Crippen LogP contribution in [0.4, 0.5) is 0 Å². The van der Waals surface area contributed by atoms with Crippen molar-refractivity contribution in [1.29, 1.82) is 0 Å². The second-order valence-electron chi connectivity index (χ2n) is 29.6. The van der Waals surface area contributed by atoms with E-state index in [1.807, 2.05) is 22.7 Å². The van der Waals surface area contributed by atoms with Gasteiger partial charge in [0.1, 0.15) is 0 Å². The van der Waals surface area contributed by atoms with Crippen LogP contribution >= 0.6 is 45.3 Å². The molecule has 0 bridgehead atoms. The van der Waals surface area contributed by atoms with Crippen LogP contribution in [-0.2, 0) is 0 Å². The topological polar surface area (TPSA) is 55.4 Å². The molecule has 0 aliphatic carbocycles. The van der Waals surface area contributed by atoms with Crippen LogP contribution in [0.5, 0.6) is 34.5 Å². The van der Waals surface area contributed by atoms with E-state index in [0.717, 1.165) is 84.1 Å². The SMILES string of the molecule is CCCCCCCCOc1cc(-c2ccc(-c3c4c[c]([Sn]([CH3])([CH3])[CH3])sc4c(-c4ccc(-c5cc(OCCCCCCCC)c(OCCCCCCCC)c(OCCCCCCCC)c5)s4)c4c[c]([Sn]([CH3])([CH3])[CH3])sc34)s2)cc(OCCCCCCCC)c1OCCCCCCCC. The second kappa shape index (κ2) is 44.7. The van der Waals surface area contributed by atoms with Gasteiger partial charge in [0.25, 0.3) is 0 Å². The van der Waals surface area contributed by atoms with Crippen molar-refractivity contribution in [2.45, 2.75) is 302 Å². The van der Waals surface area contributed by atoms with Crippen molar-refractivity contribution in [2.75, 3.05) is 39.6 Å². The molecule has 96 heavy (non-hydrogen) atoms.